The number of rotatable bonds is 2. The number of halogens is 1. The highest BCUT2D eigenvalue weighted by Crippen LogP contribution is 2.28. The SMILES string of the molecule is Cc1nn(C)c(Cl)c1CC1CCc2ccccc2N1. The first kappa shape index (κ1) is 12.5. The summed E-state index contributed by atoms with van der Waals surface area (Å²) in [5.74, 6) is 0. The third-order valence-corrected chi connectivity index (χ3v) is 4.33. The fraction of sp³-hybridized carbons (Fsp3) is 0.400. The Hall–Kier alpha value is -1.48. The summed E-state index contributed by atoms with van der Waals surface area (Å²) < 4.78 is 1.75. The Labute approximate surface area is 118 Å². The number of aryl methyl sites for hydroxylation is 3. The van der Waals surface area contributed by atoms with Crippen LogP contribution >= 0.6 is 11.6 Å². The van der Waals surface area contributed by atoms with Gasteiger partial charge >= 0.3 is 0 Å². The maximum Gasteiger partial charge on any atom is 0.130 e. The summed E-state index contributed by atoms with van der Waals surface area (Å²) in [6, 6.07) is 8.97. The van der Waals surface area contributed by atoms with E-state index in [1.54, 1.807) is 4.68 Å². The molecule has 1 unspecified atom stereocenters. The summed E-state index contributed by atoms with van der Waals surface area (Å²) in [6.45, 7) is 2.03. The third kappa shape index (κ3) is 2.35. The second-order valence-corrected chi connectivity index (χ2v) is 5.58. The van der Waals surface area contributed by atoms with Crippen LogP contribution < -0.4 is 5.32 Å². The zero-order valence-corrected chi connectivity index (χ0v) is 12.0. The average molecular weight is 276 g/mol. The molecule has 4 heteroatoms. The van der Waals surface area contributed by atoms with E-state index in [0.29, 0.717) is 6.04 Å². The fourth-order valence-corrected chi connectivity index (χ4v) is 3.06. The topological polar surface area (TPSA) is 29.9 Å². The minimum atomic E-state index is 0.440. The van der Waals surface area contributed by atoms with E-state index in [2.05, 4.69) is 34.7 Å². The third-order valence-electron chi connectivity index (χ3n) is 3.86. The number of para-hydroxylation sites is 1. The molecule has 1 atom stereocenters. The van der Waals surface area contributed by atoms with E-state index in [0.717, 1.165) is 30.1 Å². The summed E-state index contributed by atoms with van der Waals surface area (Å²) in [5, 5.41) is 8.75. The van der Waals surface area contributed by atoms with Gasteiger partial charge in [-0.15, -0.1) is 0 Å². The smallest absolute Gasteiger partial charge is 0.130 e. The molecule has 100 valence electrons. The molecular weight excluding hydrogens is 258 g/mol. The van der Waals surface area contributed by atoms with Gasteiger partial charge in [0.2, 0.25) is 0 Å². The van der Waals surface area contributed by atoms with Gasteiger partial charge in [0.15, 0.2) is 0 Å². The number of hydrogen-bond donors (Lipinski definition) is 1. The number of hydrogen-bond acceptors (Lipinski definition) is 2. The Balaban J connectivity index is 1.79. The average Bonchev–Trinajstić information content (AvgIpc) is 2.65. The van der Waals surface area contributed by atoms with Crippen LogP contribution in [0.2, 0.25) is 5.15 Å². The minimum Gasteiger partial charge on any atom is -0.382 e. The monoisotopic (exact) mass is 275 g/mol. The van der Waals surface area contributed by atoms with E-state index >= 15 is 0 Å². The van der Waals surface area contributed by atoms with Crippen LogP contribution in [0.3, 0.4) is 0 Å². The molecule has 2 aromatic rings. The van der Waals surface area contributed by atoms with Gasteiger partial charge in [-0.05, 0) is 37.8 Å². The van der Waals surface area contributed by atoms with Crippen molar-refractivity contribution in [2.75, 3.05) is 5.32 Å². The van der Waals surface area contributed by atoms with E-state index in [4.69, 9.17) is 11.6 Å². The van der Waals surface area contributed by atoms with Crippen LogP contribution in [0.25, 0.3) is 0 Å². The first-order valence-electron chi connectivity index (χ1n) is 6.67. The Morgan fingerprint density at radius 1 is 1.42 bits per heavy atom. The van der Waals surface area contributed by atoms with Gasteiger partial charge in [-0.3, -0.25) is 4.68 Å². The van der Waals surface area contributed by atoms with E-state index < -0.39 is 0 Å². The quantitative estimate of drug-likeness (QED) is 0.911. The molecule has 2 heterocycles. The van der Waals surface area contributed by atoms with Crippen molar-refractivity contribution in [3.63, 3.8) is 0 Å². The van der Waals surface area contributed by atoms with Crippen LogP contribution in [0, 0.1) is 6.92 Å². The van der Waals surface area contributed by atoms with Crippen LogP contribution in [0.5, 0.6) is 0 Å². The molecule has 19 heavy (non-hydrogen) atoms. The Morgan fingerprint density at radius 3 is 2.95 bits per heavy atom. The highest BCUT2D eigenvalue weighted by atomic mass is 35.5. The summed E-state index contributed by atoms with van der Waals surface area (Å²) >= 11 is 6.31. The summed E-state index contributed by atoms with van der Waals surface area (Å²) in [7, 11) is 1.89. The maximum atomic E-state index is 6.31. The van der Waals surface area contributed by atoms with Crippen molar-refractivity contribution in [2.45, 2.75) is 32.2 Å². The van der Waals surface area contributed by atoms with Gasteiger partial charge in [-0.2, -0.15) is 5.10 Å². The van der Waals surface area contributed by atoms with E-state index in [1.807, 2.05) is 14.0 Å². The van der Waals surface area contributed by atoms with Crippen LogP contribution in [-0.4, -0.2) is 15.8 Å². The van der Waals surface area contributed by atoms with Gasteiger partial charge in [0.05, 0.1) is 5.69 Å². The van der Waals surface area contributed by atoms with Crippen molar-refractivity contribution >= 4 is 17.3 Å². The summed E-state index contributed by atoms with van der Waals surface area (Å²) in [5.41, 5.74) is 4.87. The molecule has 1 aliphatic rings. The van der Waals surface area contributed by atoms with Gasteiger partial charge in [0.25, 0.3) is 0 Å². The van der Waals surface area contributed by atoms with Gasteiger partial charge in [0.1, 0.15) is 5.15 Å². The molecule has 3 rings (SSSR count). The van der Waals surface area contributed by atoms with E-state index in [-0.39, 0.29) is 0 Å². The zero-order valence-electron chi connectivity index (χ0n) is 11.3. The van der Waals surface area contributed by atoms with Gasteiger partial charge in [0, 0.05) is 24.3 Å². The van der Waals surface area contributed by atoms with Crippen LogP contribution in [0.1, 0.15) is 23.2 Å². The molecule has 0 amide bonds. The van der Waals surface area contributed by atoms with Crippen molar-refractivity contribution in [1.82, 2.24) is 9.78 Å². The van der Waals surface area contributed by atoms with Gasteiger partial charge in [-0.25, -0.2) is 0 Å². The number of anilines is 1. The standard InChI is InChI=1S/C15H18ClN3/c1-10-13(15(16)19(2)18-10)9-12-8-7-11-5-3-4-6-14(11)17-12/h3-6,12,17H,7-9H2,1-2H3. The number of nitrogens with zero attached hydrogens (tertiary/aromatic N) is 2. The first-order chi connectivity index (χ1) is 9.15. The predicted molar refractivity (Wildman–Crippen MR) is 78.8 cm³/mol. The molecule has 1 aromatic carbocycles. The molecule has 1 aliphatic heterocycles. The molecule has 1 N–H and O–H groups in total. The number of nitrogens with one attached hydrogen (secondary N) is 1. The number of fused-ring (bicyclic) bond motifs is 1. The molecule has 0 saturated heterocycles. The highest BCUT2D eigenvalue weighted by Gasteiger charge is 2.21. The largest absolute Gasteiger partial charge is 0.382 e. The summed E-state index contributed by atoms with van der Waals surface area (Å²) in [4.78, 5) is 0. The van der Waals surface area contributed by atoms with Crippen LogP contribution in [-0.2, 0) is 19.9 Å². The lowest BCUT2D eigenvalue weighted by Gasteiger charge is -2.27. The second kappa shape index (κ2) is 4.89. The lowest BCUT2D eigenvalue weighted by Crippen LogP contribution is -2.27. The van der Waals surface area contributed by atoms with Gasteiger partial charge < -0.3 is 5.32 Å². The molecule has 0 aliphatic carbocycles. The molecule has 0 spiro atoms. The number of benzene rings is 1. The molecule has 0 fully saturated rings. The van der Waals surface area contributed by atoms with Crippen molar-refractivity contribution < 1.29 is 0 Å². The fourth-order valence-electron chi connectivity index (χ4n) is 2.81. The summed E-state index contributed by atoms with van der Waals surface area (Å²) in [6.07, 6.45) is 3.21. The maximum absolute atomic E-state index is 6.31. The van der Waals surface area contributed by atoms with Crippen LogP contribution in [0.15, 0.2) is 24.3 Å². The van der Waals surface area contributed by atoms with Crippen molar-refractivity contribution in [3.05, 3.63) is 46.2 Å². The first-order valence-corrected chi connectivity index (χ1v) is 7.05. The molecule has 0 bridgehead atoms. The molecule has 0 saturated carbocycles. The Morgan fingerprint density at radius 2 is 2.21 bits per heavy atom. The lowest BCUT2D eigenvalue weighted by atomic mass is 9.94. The normalized spacial score (nSPS) is 17.9. The predicted octanol–water partition coefficient (Wildman–Crippen LogP) is 3.35. The Bertz CT molecular complexity index is 603. The van der Waals surface area contributed by atoms with Crippen molar-refractivity contribution in [1.29, 1.82) is 0 Å². The molecule has 1 aromatic heterocycles. The lowest BCUT2D eigenvalue weighted by molar-refractivity contribution is 0.626. The molecule has 3 nitrogen and oxygen atoms in total. The van der Waals surface area contributed by atoms with Crippen LogP contribution in [0.4, 0.5) is 5.69 Å². The minimum absolute atomic E-state index is 0.440. The zero-order chi connectivity index (χ0) is 13.4. The van der Waals surface area contributed by atoms with Gasteiger partial charge in [-0.1, -0.05) is 29.8 Å². The molecular formula is C15H18ClN3. The Kier molecular flexibility index (Phi) is 3.23. The molecule has 0 radical (unpaired) electrons. The highest BCUT2D eigenvalue weighted by molar-refractivity contribution is 6.30. The van der Waals surface area contributed by atoms with E-state index in [1.165, 1.54) is 16.8 Å². The number of aromatic nitrogens is 2. The van der Waals surface area contributed by atoms with Crippen molar-refractivity contribution in [2.24, 2.45) is 7.05 Å². The van der Waals surface area contributed by atoms with Crippen molar-refractivity contribution in [3.8, 4) is 0 Å². The van der Waals surface area contributed by atoms with E-state index in [9.17, 15) is 0 Å². The second-order valence-electron chi connectivity index (χ2n) is 5.22.